The fraction of sp³-hybridized carbons (Fsp3) is 0.267. The van der Waals surface area contributed by atoms with Gasteiger partial charge >= 0.3 is 0 Å². The maximum absolute atomic E-state index is 12.0. The third kappa shape index (κ3) is 2.96. The van der Waals surface area contributed by atoms with E-state index in [4.69, 9.17) is 13.9 Å². The van der Waals surface area contributed by atoms with E-state index < -0.39 is 0 Å². The molecule has 0 aliphatic carbocycles. The van der Waals surface area contributed by atoms with E-state index in [0.29, 0.717) is 17.3 Å². The number of methoxy groups -OCH3 is 2. The Bertz CT molecular complexity index is 584. The van der Waals surface area contributed by atoms with Gasteiger partial charge < -0.3 is 13.9 Å². The van der Waals surface area contributed by atoms with Gasteiger partial charge in [-0.3, -0.25) is 4.79 Å². The molecule has 0 spiro atoms. The Morgan fingerprint density at radius 1 is 1.11 bits per heavy atom. The highest BCUT2D eigenvalue weighted by Gasteiger charge is 2.12. The maximum atomic E-state index is 12.0. The van der Waals surface area contributed by atoms with E-state index in [9.17, 15) is 4.79 Å². The van der Waals surface area contributed by atoms with Crippen LogP contribution in [0.3, 0.4) is 0 Å². The molecule has 2 aromatic rings. The molecule has 0 atom stereocenters. The third-order valence-electron chi connectivity index (χ3n) is 2.83. The Labute approximate surface area is 111 Å². The van der Waals surface area contributed by atoms with Crippen LogP contribution in [0.2, 0.25) is 0 Å². The number of carbonyl (C=O) groups excluding carboxylic acids is 1. The van der Waals surface area contributed by atoms with Gasteiger partial charge in [-0.1, -0.05) is 6.07 Å². The van der Waals surface area contributed by atoms with Crippen LogP contribution in [0.5, 0.6) is 11.5 Å². The second-order valence-corrected chi connectivity index (χ2v) is 4.20. The first kappa shape index (κ1) is 13.2. The first-order valence-electron chi connectivity index (χ1n) is 5.94. The van der Waals surface area contributed by atoms with Crippen LogP contribution < -0.4 is 9.47 Å². The smallest absolute Gasteiger partial charge is 0.202 e. The lowest BCUT2D eigenvalue weighted by molar-refractivity contribution is 0.0965. The summed E-state index contributed by atoms with van der Waals surface area (Å²) in [6, 6.07) is 8.90. The molecule has 1 heterocycles. The average Bonchev–Trinajstić information content (AvgIpc) is 2.85. The maximum Gasteiger partial charge on any atom is 0.202 e. The Kier molecular flexibility index (Phi) is 3.90. The number of rotatable bonds is 5. The molecule has 0 amide bonds. The largest absolute Gasteiger partial charge is 0.493 e. The van der Waals surface area contributed by atoms with Crippen LogP contribution in [0, 0.1) is 6.92 Å². The Hall–Kier alpha value is -2.23. The summed E-state index contributed by atoms with van der Waals surface area (Å²) in [6.07, 6.45) is 0.271. The SMILES string of the molecule is COc1ccc(CC(=O)c2ccc(C)o2)cc1OC. The van der Waals surface area contributed by atoms with E-state index >= 15 is 0 Å². The molecule has 1 aromatic carbocycles. The lowest BCUT2D eigenvalue weighted by Crippen LogP contribution is -2.02. The summed E-state index contributed by atoms with van der Waals surface area (Å²) in [6.45, 7) is 1.81. The van der Waals surface area contributed by atoms with Crippen molar-refractivity contribution in [2.75, 3.05) is 14.2 Å². The van der Waals surface area contributed by atoms with Crippen LogP contribution in [0.4, 0.5) is 0 Å². The summed E-state index contributed by atoms with van der Waals surface area (Å²) in [5.41, 5.74) is 0.858. The molecular formula is C15H16O4. The summed E-state index contributed by atoms with van der Waals surface area (Å²) in [7, 11) is 3.15. The van der Waals surface area contributed by atoms with Crippen molar-refractivity contribution in [3.63, 3.8) is 0 Å². The zero-order chi connectivity index (χ0) is 13.8. The number of hydrogen-bond acceptors (Lipinski definition) is 4. The molecule has 19 heavy (non-hydrogen) atoms. The fourth-order valence-electron chi connectivity index (χ4n) is 1.85. The number of Topliss-reactive ketones (excluding diaryl/α,β-unsaturated/α-hetero) is 1. The number of aryl methyl sites for hydroxylation is 1. The molecule has 4 nitrogen and oxygen atoms in total. The second-order valence-electron chi connectivity index (χ2n) is 4.20. The first-order valence-corrected chi connectivity index (χ1v) is 5.94. The third-order valence-corrected chi connectivity index (χ3v) is 2.83. The highest BCUT2D eigenvalue weighted by Crippen LogP contribution is 2.28. The van der Waals surface area contributed by atoms with Crippen molar-refractivity contribution in [2.24, 2.45) is 0 Å². The Morgan fingerprint density at radius 3 is 2.42 bits per heavy atom. The highest BCUT2D eigenvalue weighted by molar-refractivity contribution is 5.95. The van der Waals surface area contributed by atoms with E-state index in [1.807, 2.05) is 13.0 Å². The van der Waals surface area contributed by atoms with Crippen molar-refractivity contribution in [1.82, 2.24) is 0 Å². The van der Waals surface area contributed by atoms with Gasteiger partial charge in [0, 0.05) is 6.42 Å². The summed E-state index contributed by atoms with van der Waals surface area (Å²) in [4.78, 5) is 12.0. The molecule has 0 fully saturated rings. The Morgan fingerprint density at radius 2 is 1.84 bits per heavy atom. The van der Waals surface area contributed by atoms with Crippen molar-refractivity contribution >= 4 is 5.78 Å². The molecule has 1 aromatic heterocycles. The normalized spacial score (nSPS) is 10.3. The predicted molar refractivity (Wildman–Crippen MR) is 71.0 cm³/mol. The molecule has 0 saturated heterocycles. The average molecular weight is 260 g/mol. The number of benzene rings is 1. The van der Waals surface area contributed by atoms with Crippen molar-refractivity contribution in [2.45, 2.75) is 13.3 Å². The van der Waals surface area contributed by atoms with Crippen LogP contribution >= 0.6 is 0 Å². The highest BCUT2D eigenvalue weighted by atomic mass is 16.5. The van der Waals surface area contributed by atoms with Gasteiger partial charge in [0.25, 0.3) is 0 Å². The Balaban J connectivity index is 2.17. The van der Waals surface area contributed by atoms with Gasteiger partial charge in [0.2, 0.25) is 5.78 Å². The topological polar surface area (TPSA) is 48.7 Å². The molecule has 0 N–H and O–H groups in total. The number of ether oxygens (including phenoxy) is 2. The van der Waals surface area contributed by atoms with Crippen LogP contribution in [0.1, 0.15) is 21.9 Å². The van der Waals surface area contributed by atoms with Crippen molar-refractivity contribution < 1.29 is 18.7 Å². The molecule has 0 unspecified atom stereocenters. The monoisotopic (exact) mass is 260 g/mol. The lowest BCUT2D eigenvalue weighted by atomic mass is 10.1. The van der Waals surface area contributed by atoms with E-state index in [2.05, 4.69) is 0 Å². The number of hydrogen-bond donors (Lipinski definition) is 0. The molecule has 0 aliphatic heterocycles. The minimum atomic E-state index is -0.0553. The summed E-state index contributed by atoms with van der Waals surface area (Å²) >= 11 is 0. The molecular weight excluding hydrogens is 244 g/mol. The van der Waals surface area contributed by atoms with E-state index in [1.54, 1.807) is 38.5 Å². The summed E-state index contributed by atoms with van der Waals surface area (Å²) in [5, 5.41) is 0. The first-order chi connectivity index (χ1) is 9.13. The van der Waals surface area contributed by atoms with Crippen LogP contribution in [-0.2, 0) is 6.42 Å². The summed E-state index contributed by atoms with van der Waals surface area (Å²) < 4.78 is 15.7. The van der Waals surface area contributed by atoms with Gasteiger partial charge in [-0.05, 0) is 36.8 Å². The fourth-order valence-corrected chi connectivity index (χ4v) is 1.85. The van der Waals surface area contributed by atoms with Crippen LogP contribution in [0.15, 0.2) is 34.7 Å². The van der Waals surface area contributed by atoms with Crippen LogP contribution in [-0.4, -0.2) is 20.0 Å². The number of carbonyl (C=O) groups is 1. The number of ketones is 1. The lowest BCUT2D eigenvalue weighted by Gasteiger charge is -2.08. The summed E-state index contributed by atoms with van der Waals surface area (Å²) in [5.74, 6) is 2.32. The van der Waals surface area contributed by atoms with Gasteiger partial charge in [0.15, 0.2) is 17.3 Å². The van der Waals surface area contributed by atoms with Gasteiger partial charge in [-0.25, -0.2) is 0 Å². The molecule has 0 saturated carbocycles. The van der Waals surface area contributed by atoms with E-state index in [1.165, 1.54) is 0 Å². The molecule has 2 rings (SSSR count). The second kappa shape index (κ2) is 5.61. The zero-order valence-electron chi connectivity index (χ0n) is 11.2. The minimum Gasteiger partial charge on any atom is -0.493 e. The molecule has 0 radical (unpaired) electrons. The van der Waals surface area contributed by atoms with E-state index in [-0.39, 0.29) is 12.2 Å². The minimum absolute atomic E-state index is 0.0553. The van der Waals surface area contributed by atoms with Gasteiger partial charge in [0.1, 0.15) is 5.76 Å². The molecule has 4 heteroatoms. The van der Waals surface area contributed by atoms with Crippen LogP contribution in [0.25, 0.3) is 0 Å². The van der Waals surface area contributed by atoms with Crippen molar-refractivity contribution in [1.29, 1.82) is 0 Å². The molecule has 0 bridgehead atoms. The van der Waals surface area contributed by atoms with Crippen molar-refractivity contribution in [3.8, 4) is 11.5 Å². The molecule has 100 valence electrons. The standard InChI is InChI=1S/C15H16O4/c1-10-4-6-13(19-10)12(16)8-11-5-7-14(17-2)15(9-11)18-3/h4-7,9H,8H2,1-3H3. The van der Waals surface area contributed by atoms with Gasteiger partial charge in [-0.15, -0.1) is 0 Å². The number of furan rings is 1. The molecule has 0 aliphatic rings. The van der Waals surface area contributed by atoms with Gasteiger partial charge in [-0.2, -0.15) is 0 Å². The van der Waals surface area contributed by atoms with Gasteiger partial charge in [0.05, 0.1) is 14.2 Å². The quantitative estimate of drug-likeness (QED) is 0.775. The van der Waals surface area contributed by atoms with Crippen molar-refractivity contribution in [3.05, 3.63) is 47.4 Å². The van der Waals surface area contributed by atoms with E-state index in [0.717, 1.165) is 11.3 Å². The zero-order valence-corrected chi connectivity index (χ0v) is 11.2. The predicted octanol–water partition coefficient (Wildman–Crippen LogP) is 3.03.